The summed E-state index contributed by atoms with van der Waals surface area (Å²) < 4.78 is 0. The summed E-state index contributed by atoms with van der Waals surface area (Å²) >= 11 is 7.43. The molecular weight excluding hydrogens is 268 g/mol. The summed E-state index contributed by atoms with van der Waals surface area (Å²) in [6.07, 6.45) is 0. The number of anilines is 1. The number of benzene rings is 1. The van der Waals surface area contributed by atoms with E-state index >= 15 is 0 Å². The fourth-order valence-corrected chi connectivity index (χ4v) is 2.31. The number of nitrogen functional groups attached to an aromatic ring is 1. The highest BCUT2D eigenvalue weighted by Crippen LogP contribution is 2.28. The molecular formula is C13H19ClN2OS. The van der Waals surface area contributed by atoms with Crippen molar-refractivity contribution in [2.75, 3.05) is 11.5 Å². The second-order valence-electron chi connectivity index (χ2n) is 4.58. The summed E-state index contributed by atoms with van der Waals surface area (Å²) in [4.78, 5) is 12.6. The van der Waals surface area contributed by atoms with Crippen LogP contribution in [0.2, 0.25) is 5.02 Å². The van der Waals surface area contributed by atoms with Crippen molar-refractivity contribution < 1.29 is 4.79 Å². The average Bonchev–Trinajstić information content (AvgIpc) is 2.30. The Hall–Kier alpha value is -0.870. The van der Waals surface area contributed by atoms with Gasteiger partial charge in [-0.2, -0.15) is 0 Å². The molecule has 1 aromatic rings. The molecule has 0 saturated carbocycles. The van der Waals surface area contributed by atoms with E-state index in [1.807, 2.05) is 6.92 Å². The quantitative estimate of drug-likeness (QED) is 0.646. The third-order valence-corrected chi connectivity index (χ3v) is 4.20. The molecule has 1 atom stereocenters. The van der Waals surface area contributed by atoms with E-state index in [1.54, 1.807) is 18.2 Å². The molecule has 100 valence electrons. The average molecular weight is 287 g/mol. The number of thioether (sulfide) groups is 1. The molecule has 0 fully saturated rings. The Bertz CT molecular complexity index is 423. The van der Waals surface area contributed by atoms with Gasteiger partial charge in [-0.05, 0) is 31.0 Å². The molecule has 1 amide bonds. The Morgan fingerprint density at radius 2 is 2.11 bits per heavy atom. The van der Waals surface area contributed by atoms with Crippen molar-refractivity contribution in [1.82, 2.24) is 5.32 Å². The van der Waals surface area contributed by atoms with Crippen LogP contribution in [0.15, 0.2) is 23.1 Å². The van der Waals surface area contributed by atoms with Crippen LogP contribution in [0.25, 0.3) is 0 Å². The Morgan fingerprint density at radius 3 is 2.72 bits per heavy atom. The molecule has 1 aromatic carbocycles. The third kappa shape index (κ3) is 4.78. The number of hydrogen-bond donors (Lipinski definition) is 2. The number of amides is 1. The van der Waals surface area contributed by atoms with Crippen molar-refractivity contribution in [1.29, 1.82) is 0 Å². The largest absolute Gasteiger partial charge is 0.399 e. The van der Waals surface area contributed by atoms with E-state index in [4.69, 9.17) is 17.3 Å². The maximum atomic E-state index is 11.7. The van der Waals surface area contributed by atoms with Gasteiger partial charge in [0.05, 0.1) is 10.8 Å². The Kier molecular flexibility index (Phi) is 5.82. The lowest BCUT2D eigenvalue weighted by molar-refractivity contribution is -0.119. The molecule has 1 rings (SSSR count). The van der Waals surface area contributed by atoms with E-state index in [9.17, 15) is 4.79 Å². The van der Waals surface area contributed by atoms with Crippen LogP contribution < -0.4 is 11.1 Å². The zero-order chi connectivity index (χ0) is 13.7. The van der Waals surface area contributed by atoms with Gasteiger partial charge in [0.1, 0.15) is 0 Å². The zero-order valence-corrected chi connectivity index (χ0v) is 12.4. The maximum absolute atomic E-state index is 11.7. The van der Waals surface area contributed by atoms with Gasteiger partial charge in [0.15, 0.2) is 0 Å². The summed E-state index contributed by atoms with van der Waals surface area (Å²) in [6.45, 7) is 6.15. The lowest BCUT2D eigenvalue weighted by Crippen LogP contribution is -2.37. The molecule has 0 aliphatic heterocycles. The summed E-state index contributed by atoms with van der Waals surface area (Å²) in [5, 5.41) is 3.57. The minimum Gasteiger partial charge on any atom is -0.399 e. The standard InChI is InChI=1S/C13H19ClN2OS/c1-8(2)9(3)16-13(17)7-18-12-6-10(15)4-5-11(12)14/h4-6,8-9H,7,15H2,1-3H3,(H,16,17). The van der Waals surface area contributed by atoms with Crippen LogP contribution in [0.4, 0.5) is 5.69 Å². The Balaban J connectivity index is 2.50. The van der Waals surface area contributed by atoms with Gasteiger partial charge >= 0.3 is 0 Å². The van der Waals surface area contributed by atoms with E-state index in [0.29, 0.717) is 22.4 Å². The summed E-state index contributed by atoms with van der Waals surface area (Å²) in [7, 11) is 0. The van der Waals surface area contributed by atoms with E-state index < -0.39 is 0 Å². The summed E-state index contributed by atoms with van der Waals surface area (Å²) in [5.74, 6) is 0.787. The number of carbonyl (C=O) groups excluding carboxylic acids is 1. The molecule has 0 saturated heterocycles. The van der Waals surface area contributed by atoms with Gasteiger partial charge in [0, 0.05) is 16.6 Å². The SMILES string of the molecule is CC(C)C(C)NC(=O)CSc1cc(N)ccc1Cl. The minimum atomic E-state index is 0.0136. The second-order valence-corrected chi connectivity index (χ2v) is 6.00. The molecule has 0 heterocycles. The molecule has 3 N–H and O–H groups in total. The van der Waals surface area contributed by atoms with Gasteiger partial charge in [0.2, 0.25) is 5.91 Å². The van der Waals surface area contributed by atoms with E-state index in [0.717, 1.165) is 4.90 Å². The van der Waals surface area contributed by atoms with Crippen molar-refractivity contribution in [2.45, 2.75) is 31.7 Å². The Labute approximate surface area is 117 Å². The monoisotopic (exact) mass is 286 g/mol. The Morgan fingerprint density at radius 1 is 1.44 bits per heavy atom. The van der Waals surface area contributed by atoms with Crippen LogP contribution in [0.5, 0.6) is 0 Å². The van der Waals surface area contributed by atoms with Gasteiger partial charge in [-0.1, -0.05) is 25.4 Å². The van der Waals surface area contributed by atoms with E-state index in [2.05, 4.69) is 19.2 Å². The summed E-state index contributed by atoms with van der Waals surface area (Å²) in [6, 6.07) is 5.45. The fraction of sp³-hybridized carbons (Fsp3) is 0.462. The zero-order valence-electron chi connectivity index (χ0n) is 10.9. The van der Waals surface area contributed by atoms with Gasteiger partial charge in [-0.15, -0.1) is 11.8 Å². The number of carbonyl (C=O) groups is 1. The molecule has 18 heavy (non-hydrogen) atoms. The first-order valence-corrected chi connectivity index (χ1v) is 7.23. The van der Waals surface area contributed by atoms with E-state index in [1.165, 1.54) is 11.8 Å². The van der Waals surface area contributed by atoms with Gasteiger partial charge in [-0.25, -0.2) is 0 Å². The van der Waals surface area contributed by atoms with Crippen molar-refractivity contribution >= 4 is 35.0 Å². The number of hydrogen-bond acceptors (Lipinski definition) is 3. The topological polar surface area (TPSA) is 55.1 Å². The van der Waals surface area contributed by atoms with Crippen LogP contribution in [0, 0.1) is 5.92 Å². The smallest absolute Gasteiger partial charge is 0.230 e. The second kappa shape index (κ2) is 6.90. The number of rotatable bonds is 5. The highest BCUT2D eigenvalue weighted by atomic mass is 35.5. The molecule has 5 heteroatoms. The number of nitrogens with one attached hydrogen (secondary N) is 1. The molecule has 0 aromatic heterocycles. The molecule has 0 aliphatic rings. The minimum absolute atomic E-state index is 0.0136. The molecule has 0 spiro atoms. The van der Waals surface area contributed by atoms with Gasteiger partial charge < -0.3 is 11.1 Å². The maximum Gasteiger partial charge on any atom is 0.230 e. The van der Waals surface area contributed by atoms with Crippen LogP contribution in [-0.2, 0) is 4.79 Å². The van der Waals surface area contributed by atoms with Crippen molar-refractivity contribution in [3.05, 3.63) is 23.2 Å². The first-order valence-electron chi connectivity index (χ1n) is 5.87. The molecule has 3 nitrogen and oxygen atoms in total. The van der Waals surface area contributed by atoms with Crippen molar-refractivity contribution in [2.24, 2.45) is 5.92 Å². The lowest BCUT2D eigenvalue weighted by atomic mass is 10.1. The number of halogens is 1. The van der Waals surface area contributed by atoms with Crippen LogP contribution in [0.1, 0.15) is 20.8 Å². The highest BCUT2D eigenvalue weighted by molar-refractivity contribution is 8.00. The fourth-order valence-electron chi connectivity index (χ4n) is 1.24. The van der Waals surface area contributed by atoms with E-state index in [-0.39, 0.29) is 11.9 Å². The predicted octanol–water partition coefficient (Wildman–Crippen LogP) is 3.18. The van der Waals surface area contributed by atoms with Crippen LogP contribution in [0.3, 0.4) is 0 Å². The third-order valence-electron chi connectivity index (χ3n) is 2.70. The molecule has 0 aliphatic carbocycles. The van der Waals surface area contributed by atoms with Gasteiger partial charge in [-0.3, -0.25) is 4.79 Å². The summed E-state index contributed by atoms with van der Waals surface area (Å²) in [5.41, 5.74) is 6.33. The molecule has 0 radical (unpaired) electrons. The first-order chi connectivity index (χ1) is 8.40. The molecule has 1 unspecified atom stereocenters. The van der Waals surface area contributed by atoms with Crippen molar-refractivity contribution in [3.8, 4) is 0 Å². The first kappa shape index (κ1) is 15.2. The highest BCUT2D eigenvalue weighted by Gasteiger charge is 2.11. The predicted molar refractivity (Wildman–Crippen MR) is 79.0 cm³/mol. The lowest BCUT2D eigenvalue weighted by Gasteiger charge is -2.17. The molecule has 0 bridgehead atoms. The number of nitrogens with two attached hydrogens (primary N) is 1. The normalized spacial score (nSPS) is 12.5. The van der Waals surface area contributed by atoms with Crippen LogP contribution in [-0.4, -0.2) is 17.7 Å². The van der Waals surface area contributed by atoms with Crippen LogP contribution >= 0.6 is 23.4 Å². The van der Waals surface area contributed by atoms with Crippen molar-refractivity contribution in [3.63, 3.8) is 0 Å². The van der Waals surface area contributed by atoms with Gasteiger partial charge in [0.25, 0.3) is 0 Å².